The molecule has 2 fully saturated rings. The van der Waals surface area contributed by atoms with Gasteiger partial charge in [0, 0.05) is 6.54 Å². The molecule has 104 valence electrons. The number of hydrogen-bond donors (Lipinski definition) is 3. The van der Waals surface area contributed by atoms with Gasteiger partial charge in [-0.2, -0.15) is 0 Å². The van der Waals surface area contributed by atoms with E-state index in [4.69, 9.17) is 5.11 Å². The van der Waals surface area contributed by atoms with Crippen LogP contribution in [0.4, 0.5) is 4.79 Å². The molecule has 0 radical (unpaired) electrons. The largest absolute Gasteiger partial charge is 0.481 e. The molecule has 8 nitrogen and oxygen atoms in total. The first-order valence-electron chi connectivity index (χ1n) is 6.03. The molecular formula is C11H15N3O5. The molecule has 0 aromatic heterocycles. The van der Waals surface area contributed by atoms with E-state index in [1.54, 1.807) is 0 Å². The Morgan fingerprint density at radius 2 is 2.05 bits per heavy atom. The van der Waals surface area contributed by atoms with Crippen molar-refractivity contribution in [2.45, 2.75) is 19.3 Å². The van der Waals surface area contributed by atoms with Gasteiger partial charge in [0.25, 0.3) is 5.91 Å². The van der Waals surface area contributed by atoms with Gasteiger partial charge in [0.15, 0.2) is 0 Å². The predicted octanol–water partition coefficient (Wildman–Crippen LogP) is -1.09. The molecule has 8 heteroatoms. The number of carbonyl (C=O) groups excluding carboxylic acids is 3. The van der Waals surface area contributed by atoms with Crippen LogP contribution in [-0.4, -0.2) is 53.5 Å². The zero-order valence-corrected chi connectivity index (χ0v) is 10.3. The van der Waals surface area contributed by atoms with Crippen LogP contribution in [0.25, 0.3) is 0 Å². The van der Waals surface area contributed by atoms with E-state index in [9.17, 15) is 19.2 Å². The van der Waals surface area contributed by atoms with Crippen molar-refractivity contribution in [3.8, 4) is 0 Å². The second-order valence-electron chi connectivity index (χ2n) is 4.85. The SMILES string of the molecule is O=C(CN1C(=O)CNC1=O)NCC1(C(=O)O)CCC1. The molecule has 1 aliphatic heterocycles. The summed E-state index contributed by atoms with van der Waals surface area (Å²) >= 11 is 0. The summed E-state index contributed by atoms with van der Waals surface area (Å²) in [7, 11) is 0. The molecule has 0 bridgehead atoms. The number of urea groups is 1. The molecule has 0 aromatic rings. The summed E-state index contributed by atoms with van der Waals surface area (Å²) in [5.74, 6) is -1.91. The van der Waals surface area contributed by atoms with Crippen molar-refractivity contribution in [3.05, 3.63) is 0 Å². The summed E-state index contributed by atoms with van der Waals surface area (Å²) < 4.78 is 0. The number of carbonyl (C=O) groups is 4. The number of imide groups is 1. The van der Waals surface area contributed by atoms with Gasteiger partial charge in [-0.15, -0.1) is 0 Å². The van der Waals surface area contributed by atoms with Crippen molar-refractivity contribution >= 4 is 23.8 Å². The highest BCUT2D eigenvalue weighted by molar-refractivity contribution is 6.04. The number of nitrogens with zero attached hydrogens (tertiary/aromatic N) is 1. The van der Waals surface area contributed by atoms with E-state index in [2.05, 4.69) is 10.6 Å². The minimum absolute atomic E-state index is 0.0326. The predicted molar refractivity (Wildman–Crippen MR) is 62.0 cm³/mol. The molecule has 3 N–H and O–H groups in total. The molecule has 0 unspecified atom stereocenters. The van der Waals surface area contributed by atoms with E-state index in [0.717, 1.165) is 11.3 Å². The van der Waals surface area contributed by atoms with Gasteiger partial charge < -0.3 is 15.7 Å². The third kappa shape index (κ3) is 2.51. The van der Waals surface area contributed by atoms with Gasteiger partial charge in [-0.3, -0.25) is 19.3 Å². The lowest BCUT2D eigenvalue weighted by Gasteiger charge is -2.37. The van der Waals surface area contributed by atoms with Crippen molar-refractivity contribution in [2.24, 2.45) is 5.41 Å². The Bertz CT molecular complexity index is 428. The third-order valence-corrected chi connectivity index (χ3v) is 3.63. The molecule has 19 heavy (non-hydrogen) atoms. The molecular weight excluding hydrogens is 254 g/mol. The van der Waals surface area contributed by atoms with Gasteiger partial charge in [0.2, 0.25) is 5.91 Å². The van der Waals surface area contributed by atoms with Crippen molar-refractivity contribution < 1.29 is 24.3 Å². The first-order valence-corrected chi connectivity index (χ1v) is 6.03. The highest BCUT2D eigenvalue weighted by Gasteiger charge is 2.44. The van der Waals surface area contributed by atoms with E-state index in [-0.39, 0.29) is 19.6 Å². The van der Waals surface area contributed by atoms with Crippen LogP contribution in [-0.2, 0) is 14.4 Å². The summed E-state index contributed by atoms with van der Waals surface area (Å²) in [5, 5.41) is 13.9. The zero-order chi connectivity index (χ0) is 14.0. The van der Waals surface area contributed by atoms with Crippen LogP contribution >= 0.6 is 0 Å². The number of aliphatic carboxylic acids is 1. The summed E-state index contributed by atoms with van der Waals surface area (Å²) in [6, 6.07) is -0.600. The Morgan fingerprint density at radius 3 is 2.47 bits per heavy atom. The Kier molecular flexibility index (Phi) is 3.41. The molecule has 2 aliphatic rings. The van der Waals surface area contributed by atoms with Gasteiger partial charge in [-0.25, -0.2) is 4.79 Å². The summed E-state index contributed by atoms with van der Waals surface area (Å²) in [5.41, 5.74) is -0.882. The van der Waals surface area contributed by atoms with Crippen molar-refractivity contribution in [1.29, 1.82) is 0 Å². The van der Waals surface area contributed by atoms with Gasteiger partial charge in [-0.05, 0) is 12.8 Å². The average Bonchev–Trinajstić information content (AvgIpc) is 2.59. The van der Waals surface area contributed by atoms with Crippen LogP contribution in [0, 0.1) is 5.41 Å². The Balaban J connectivity index is 1.83. The average molecular weight is 269 g/mol. The molecule has 0 spiro atoms. The summed E-state index contributed by atoms with van der Waals surface area (Å²) in [6.07, 6.45) is 1.90. The number of hydrogen-bond acceptors (Lipinski definition) is 4. The maximum absolute atomic E-state index is 11.6. The molecule has 1 saturated heterocycles. The van der Waals surface area contributed by atoms with Crippen molar-refractivity contribution in [2.75, 3.05) is 19.6 Å². The quantitative estimate of drug-likeness (QED) is 0.548. The van der Waals surface area contributed by atoms with Gasteiger partial charge >= 0.3 is 12.0 Å². The maximum atomic E-state index is 11.6. The molecule has 1 heterocycles. The zero-order valence-electron chi connectivity index (χ0n) is 10.3. The monoisotopic (exact) mass is 269 g/mol. The van der Waals surface area contributed by atoms with Crippen molar-refractivity contribution in [3.63, 3.8) is 0 Å². The highest BCUT2D eigenvalue weighted by atomic mass is 16.4. The normalized spacial score (nSPS) is 20.7. The molecule has 0 atom stereocenters. The number of rotatable bonds is 5. The lowest BCUT2D eigenvalue weighted by molar-refractivity contribution is -0.154. The topological polar surface area (TPSA) is 116 Å². The van der Waals surface area contributed by atoms with Gasteiger partial charge in [-0.1, -0.05) is 6.42 Å². The fourth-order valence-electron chi connectivity index (χ4n) is 2.15. The van der Waals surface area contributed by atoms with Crippen molar-refractivity contribution in [1.82, 2.24) is 15.5 Å². The molecule has 2 rings (SSSR count). The van der Waals surface area contributed by atoms with Crippen LogP contribution in [0.15, 0.2) is 0 Å². The van der Waals surface area contributed by atoms with Crippen LogP contribution in [0.3, 0.4) is 0 Å². The van der Waals surface area contributed by atoms with Gasteiger partial charge in [0.1, 0.15) is 6.54 Å². The first kappa shape index (κ1) is 13.3. The number of nitrogens with one attached hydrogen (secondary N) is 2. The van der Waals surface area contributed by atoms with Crippen LogP contribution in [0.5, 0.6) is 0 Å². The molecule has 1 saturated carbocycles. The Hall–Kier alpha value is -2.12. The van der Waals surface area contributed by atoms with Crippen LogP contribution in [0.2, 0.25) is 0 Å². The third-order valence-electron chi connectivity index (χ3n) is 3.63. The summed E-state index contributed by atoms with van der Waals surface area (Å²) in [4.78, 5) is 46.0. The van der Waals surface area contributed by atoms with Gasteiger partial charge in [0.05, 0.1) is 12.0 Å². The standard InChI is InChI=1S/C11H15N3O5/c15-7(5-14-8(16)4-12-10(14)19)13-6-11(9(17)18)2-1-3-11/h1-6H2,(H,12,19)(H,13,15)(H,17,18). The van der Waals surface area contributed by atoms with E-state index in [1.165, 1.54) is 0 Å². The minimum atomic E-state index is -0.922. The minimum Gasteiger partial charge on any atom is -0.481 e. The second kappa shape index (κ2) is 4.87. The smallest absolute Gasteiger partial charge is 0.325 e. The Morgan fingerprint density at radius 1 is 1.37 bits per heavy atom. The van der Waals surface area contributed by atoms with Crippen LogP contribution < -0.4 is 10.6 Å². The highest BCUT2D eigenvalue weighted by Crippen LogP contribution is 2.40. The Labute approximate surface area is 109 Å². The molecule has 0 aromatic carbocycles. The van der Waals surface area contributed by atoms with E-state index in [1.807, 2.05) is 0 Å². The summed E-state index contributed by atoms with van der Waals surface area (Å²) in [6.45, 7) is -0.448. The molecule has 4 amide bonds. The maximum Gasteiger partial charge on any atom is 0.325 e. The van der Waals surface area contributed by atoms with E-state index < -0.39 is 29.2 Å². The van der Waals surface area contributed by atoms with E-state index in [0.29, 0.717) is 12.8 Å². The number of carboxylic acids is 1. The van der Waals surface area contributed by atoms with Crippen LogP contribution in [0.1, 0.15) is 19.3 Å². The fourth-order valence-corrected chi connectivity index (χ4v) is 2.15. The first-order chi connectivity index (χ1) is 8.94. The molecule has 1 aliphatic carbocycles. The number of carboxylic acid groups (broad SMARTS) is 1. The lowest BCUT2D eigenvalue weighted by atomic mass is 9.69. The van der Waals surface area contributed by atoms with E-state index >= 15 is 0 Å². The lowest BCUT2D eigenvalue weighted by Crippen LogP contribution is -2.50. The second-order valence-corrected chi connectivity index (χ2v) is 4.85. The number of amides is 4. The fraction of sp³-hybridized carbons (Fsp3) is 0.636.